The molecule has 0 radical (unpaired) electrons. The van der Waals surface area contributed by atoms with Crippen molar-refractivity contribution in [3.63, 3.8) is 0 Å². The highest BCUT2D eigenvalue weighted by molar-refractivity contribution is 5.80. The molecular formula is C14H22FNO3. The van der Waals surface area contributed by atoms with Gasteiger partial charge in [0, 0.05) is 36.9 Å². The molecule has 0 N–H and O–H groups in total. The SMILES string of the molecule is CCOC[C@]12COC[C@H]1CN(C(=O)C1CC(F)C1)C2. The number of carbonyl (C=O) groups is 1. The van der Waals surface area contributed by atoms with Gasteiger partial charge in [0.1, 0.15) is 6.17 Å². The molecule has 3 fully saturated rings. The van der Waals surface area contributed by atoms with Gasteiger partial charge in [-0.05, 0) is 19.8 Å². The van der Waals surface area contributed by atoms with Crippen LogP contribution in [0.25, 0.3) is 0 Å². The fourth-order valence-corrected chi connectivity index (χ4v) is 3.52. The molecular weight excluding hydrogens is 249 g/mol. The van der Waals surface area contributed by atoms with E-state index < -0.39 is 6.17 Å². The van der Waals surface area contributed by atoms with Crippen molar-refractivity contribution in [2.75, 3.05) is 39.5 Å². The summed E-state index contributed by atoms with van der Waals surface area (Å²) in [5.41, 5.74) is -0.0233. The van der Waals surface area contributed by atoms with Crippen LogP contribution >= 0.6 is 0 Å². The van der Waals surface area contributed by atoms with Crippen LogP contribution < -0.4 is 0 Å². The summed E-state index contributed by atoms with van der Waals surface area (Å²) in [7, 11) is 0. The smallest absolute Gasteiger partial charge is 0.225 e. The summed E-state index contributed by atoms with van der Waals surface area (Å²) in [6.45, 7) is 6.19. The number of halogens is 1. The maximum absolute atomic E-state index is 12.9. The Bertz CT molecular complexity index is 359. The van der Waals surface area contributed by atoms with E-state index in [1.165, 1.54) is 0 Å². The summed E-state index contributed by atoms with van der Waals surface area (Å²) < 4.78 is 24.0. The van der Waals surface area contributed by atoms with E-state index in [1.807, 2.05) is 11.8 Å². The summed E-state index contributed by atoms with van der Waals surface area (Å²) in [5.74, 6) is 0.433. The summed E-state index contributed by atoms with van der Waals surface area (Å²) in [6, 6.07) is 0. The van der Waals surface area contributed by atoms with E-state index in [2.05, 4.69) is 0 Å². The molecule has 2 aliphatic heterocycles. The van der Waals surface area contributed by atoms with Gasteiger partial charge in [0.15, 0.2) is 0 Å². The third-order valence-electron chi connectivity index (χ3n) is 4.86. The first-order valence-electron chi connectivity index (χ1n) is 7.23. The fraction of sp³-hybridized carbons (Fsp3) is 0.929. The zero-order chi connectivity index (χ0) is 13.5. The Balaban J connectivity index is 1.63. The van der Waals surface area contributed by atoms with E-state index in [-0.39, 0.29) is 17.2 Å². The van der Waals surface area contributed by atoms with Crippen LogP contribution in [0.5, 0.6) is 0 Å². The summed E-state index contributed by atoms with van der Waals surface area (Å²) in [6.07, 6.45) is 0.0565. The largest absolute Gasteiger partial charge is 0.381 e. The highest BCUT2D eigenvalue weighted by atomic mass is 19.1. The van der Waals surface area contributed by atoms with Gasteiger partial charge in [0.25, 0.3) is 0 Å². The van der Waals surface area contributed by atoms with Crippen LogP contribution in [0.2, 0.25) is 0 Å². The van der Waals surface area contributed by atoms with E-state index in [0.29, 0.717) is 51.7 Å². The molecule has 0 aromatic heterocycles. The number of fused-ring (bicyclic) bond motifs is 1. The Kier molecular flexibility index (Phi) is 3.52. The molecule has 2 saturated heterocycles. The number of nitrogens with zero attached hydrogens (tertiary/aromatic N) is 1. The average Bonchev–Trinajstić information content (AvgIpc) is 2.88. The normalized spacial score (nSPS) is 41.2. The molecule has 0 aromatic carbocycles. The number of carbonyl (C=O) groups excluding carboxylic acids is 1. The lowest BCUT2D eigenvalue weighted by Gasteiger charge is -2.33. The van der Waals surface area contributed by atoms with Crippen molar-refractivity contribution in [2.24, 2.45) is 17.3 Å². The number of hydrogen-bond acceptors (Lipinski definition) is 3. The molecule has 3 aliphatic rings. The van der Waals surface area contributed by atoms with Gasteiger partial charge < -0.3 is 14.4 Å². The standard InChI is InChI=1S/C14H22FNO3/c1-2-18-8-14-7-16(5-11(14)6-19-9-14)13(17)10-3-12(15)4-10/h10-12H,2-9H2,1H3/t10?,11-,12?,14-/m1/s1. The molecule has 0 bridgehead atoms. The number of ether oxygens (including phenoxy) is 2. The van der Waals surface area contributed by atoms with E-state index in [0.717, 1.165) is 6.54 Å². The average molecular weight is 271 g/mol. The molecule has 19 heavy (non-hydrogen) atoms. The van der Waals surface area contributed by atoms with Crippen LogP contribution in [-0.2, 0) is 14.3 Å². The molecule has 2 atom stereocenters. The van der Waals surface area contributed by atoms with Crippen molar-refractivity contribution in [3.8, 4) is 0 Å². The van der Waals surface area contributed by atoms with E-state index >= 15 is 0 Å². The first-order valence-corrected chi connectivity index (χ1v) is 7.23. The van der Waals surface area contributed by atoms with Crippen LogP contribution in [-0.4, -0.2) is 56.5 Å². The third kappa shape index (κ3) is 2.27. The Morgan fingerprint density at radius 3 is 3.00 bits per heavy atom. The highest BCUT2D eigenvalue weighted by Gasteiger charge is 2.53. The Morgan fingerprint density at radius 1 is 1.53 bits per heavy atom. The molecule has 0 aromatic rings. The molecule has 2 heterocycles. The summed E-state index contributed by atoms with van der Waals surface area (Å²) in [5, 5.41) is 0. The molecule has 4 nitrogen and oxygen atoms in total. The number of alkyl halides is 1. The first kappa shape index (κ1) is 13.3. The lowest BCUT2D eigenvalue weighted by atomic mass is 9.81. The molecule has 0 unspecified atom stereocenters. The minimum atomic E-state index is -0.767. The van der Waals surface area contributed by atoms with Gasteiger partial charge in [-0.2, -0.15) is 0 Å². The Labute approximate surface area is 113 Å². The quantitative estimate of drug-likeness (QED) is 0.772. The summed E-state index contributed by atoms with van der Waals surface area (Å²) in [4.78, 5) is 14.2. The monoisotopic (exact) mass is 271 g/mol. The number of rotatable bonds is 4. The minimum absolute atomic E-state index is 0.0233. The van der Waals surface area contributed by atoms with Crippen molar-refractivity contribution in [2.45, 2.75) is 25.9 Å². The maximum atomic E-state index is 12.9. The highest BCUT2D eigenvalue weighted by Crippen LogP contribution is 2.43. The molecule has 1 saturated carbocycles. The van der Waals surface area contributed by atoms with Crippen molar-refractivity contribution in [1.29, 1.82) is 0 Å². The Hall–Kier alpha value is -0.680. The molecule has 108 valence electrons. The van der Waals surface area contributed by atoms with Crippen LogP contribution in [0.4, 0.5) is 4.39 Å². The van der Waals surface area contributed by atoms with Gasteiger partial charge in [0.05, 0.1) is 19.8 Å². The first-order chi connectivity index (χ1) is 9.14. The van der Waals surface area contributed by atoms with E-state index in [4.69, 9.17) is 9.47 Å². The van der Waals surface area contributed by atoms with Gasteiger partial charge in [-0.25, -0.2) is 4.39 Å². The number of hydrogen-bond donors (Lipinski definition) is 0. The zero-order valence-electron chi connectivity index (χ0n) is 11.4. The van der Waals surface area contributed by atoms with Crippen molar-refractivity contribution in [3.05, 3.63) is 0 Å². The molecule has 5 heteroatoms. The maximum Gasteiger partial charge on any atom is 0.225 e. The van der Waals surface area contributed by atoms with Gasteiger partial charge >= 0.3 is 0 Å². The fourth-order valence-electron chi connectivity index (χ4n) is 3.52. The lowest BCUT2D eigenvalue weighted by Crippen LogP contribution is -2.43. The number of likely N-dealkylation sites (tertiary alicyclic amines) is 1. The zero-order valence-corrected chi connectivity index (χ0v) is 11.4. The van der Waals surface area contributed by atoms with Crippen molar-refractivity contribution >= 4 is 5.91 Å². The second-order valence-electron chi connectivity index (χ2n) is 6.20. The number of amides is 1. The van der Waals surface area contributed by atoms with Crippen LogP contribution in [0.3, 0.4) is 0 Å². The van der Waals surface area contributed by atoms with Gasteiger partial charge in [-0.15, -0.1) is 0 Å². The Morgan fingerprint density at radius 2 is 2.32 bits per heavy atom. The molecule has 3 rings (SSSR count). The van der Waals surface area contributed by atoms with E-state index in [9.17, 15) is 9.18 Å². The lowest BCUT2D eigenvalue weighted by molar-refractivity contribution is -0.140. The minimum Gasteiger partial charge on any atom is -0.381 e. The van der Waals surface area contributed by atoms with Crippen molar-refractivity contribution < 1.29 is 18.7 Å². The second-order valence-corrected chi connectivity index (χ2v) is 6.20. The predicted octanol–water partition coefficient (Wildman–Crippen LogP) is 1.25. The second kappa shape index (κ2) is 5.02. The van der Waals surface area contributed by atoms with Gasteiger partial charge in [-0.1, -0.05) is 0 Å². The molecule has 1 amide bonds. The van der Waals surface area contributed by atoms with Crippen molar-refractivity contribution in [1.82, 2.24) is 4.90 Å². The molecule has 0 spiro atoms. The van der Waals surface area contributed by atoms with Gasteiger partial charge in [-0.3, -0.25) is 4.79 Å². The van der Waals surface area contributed by atoms with E-state index in [1.54, 1.807) is 0 Å². The third-order valence-corrected chi connectivity index (χ3v) is 4.86. The van der Waals surface area contributed by atoms with Crippen LogP contribution in [0.15, 0.2) is 0 Å². The van der Waals surface area contributed by atoms with Crippen LogP contribution in [0.1, 0.15) is 19.8 Å². The predicted molar refractivity (Wildman–Crippen MR) is 67.4 cm³/mol. The van der Waals surface area contributed by atoms with Gasteiger partial charge in [0.2, 0.25) is 5.91 Å². The summed E-state index contributed by atoms with van der Waals surface area (Å²) >= 11 is 0. The molecule has 1 aliphatic carbocycles. The topological polar surface area (TPSA) is 38.8 Å². The van der Waals surface area contributed by atoms with Crippen LogP contribution in [0, 0.1) is 17.3 Å².